The highest BCUT2D eigenvalue weighted by Gasteiger charge is 2.53. The van der Waals surface area contributed by atoms with Crippen molar-refractivity contribution in [3.05, 3.63) is 221 Å². The van der Waals surface area contributed by atoms with Crippen LogP contribution in [0.3, 0.4) is 0 Å². The van der Waals surface area contributed by atoms with E-state index in [-0.39, 0.29) is 5.41 Å². The molecule has 278 valence electrons. The Morgan fingerprint density at radius 3 is 1.56 bits per heavy atom. The lowest BCUT2D eigenvalue weighted by Gasteiger charge is -2.46. The molecule has 2 aliphatic rings. The molecule has 1 spiro atoms. The Balaban J connectivity index is 1.18. The van der Waals surface area contributed by atoms with Gasteiger partial charge >= 0.3 is 0 Å². The molecule has 0 atom stereocenters. The molecule has 2 heterocycles. The SMILES string of the molecule is CC1(C)c2ccccc2C2(c3ccc(-c4ccc5sc6ccccc6c5c4)cc3-c3c(-c4nc(-c5ccccc5)nc(-c5ccccc5)n4)cccc32)c2ccccc21. The fraction of sp³-hybridized carbons (Fsp3) is 0.0727. The lowest BCUT2D eigenvalue weighted by Crippen LogP contribution is -2.40. The Kier molecular flexibility index (Phi) is 7.36. The lowest BCUT2D eigenvalue weighted by atomic mass is 9.55. The molecule has 0 unspecified atom stereocenters. The highest BCUT2D eigenvalue weighted by molar-refractivity contribution is 7.25. The number of hydrogen-bond acceptors (Lipinski definition) is 4. The van der Waals surface area contributed by atoms with Gasteiger partial charge in [0, 0.05) is 42.3 Å². The van der Waals surface area contributed by atoms with Gasteiger partial charge in [-0.3, -0.25) is 0 Å². The summed E-state index contributed by atoms with van der Waals surface area (Å²) < 4.78 is 2.62. The van der Waals surface area contributed by atoms with Crippen LogP contribution in [0.25, 0.3) is 76.6 Å². The normalized spacial score (nSPS) is 14.2. The van der Waals surface area contributed by atoms with Gasteiger partial charge in [0.2, 0.25) is 0 Å². The van der Waals surface area contributed by atoms with Crippen LogP contribution in [-0.4, -0.2) is 15.0 Å². The highest BCUT2D eigenvalue weighted by Crippen LogP contribution is 2.63. The van der Waals surface area contributed by atoms with Crippen molar-refractivity contribution >= 4 is 31.5 Å². The molecule has 8 aromatic carbocycles. The zero-order chi connectivity index (χ0) is 39.3. The second-order valence-electron chi connectivity index (χ2n) is 16.3. The molecule has 59 heavy (non-hydrogen) atoms. The molecule has 0 saturated heterocycles. The van der Waals surface area contributed by atoms with Crippen LogP contribution in [0.1, 0.15) is 47.2 Å². The second kappa shape index (κ2) is 12.7. The van der Waals surface area contributed by atoms with Gasteiger partial charge in [-0.15, -0.1) is 11.3 Å². The van der Waals surface area contributed by atoms with Crippen LogP contribution in [0.15, 0.2) is 188 Å². The number of nitrogens with zero attached hydrogens (tertiary/aromatic N) is 3. The van der Waals surface area contributed by atoms with Crippen molar-refractivity contribution < 1.29 is 0 Å². The molecular formula is C55H37N3S. The predicted octanol–water partition coefficient (Wildman–Crippen LogP) is 13.9. The molecule has 12 rings (SSSR count). The Bertz CT molecular complexity index is 3200. The maximum Gasteiger partial charge on any atom is 0.164 e. The van der Waals surface area contributed by atoms with Gasteiger partial charge in [0.25, 0.3) is 0 Å². The first-order valence-corrected chi connectivity index (χ1v) is 21.1. The molecule has 4 heteroatoms. The van der Waals surface area contributed by atoms with Crippen LogP contribution < -0.4 is 0 Å². The van der Waals surface area contributed by atoms with Gasteiger partial charge in [-0.25, -0.2) is 15.0 Å². The third-order valence-electron chi connectivity index (χ3n) is 12.8. The smallest absolute Gasteiger partial charge is 0.164 e. The predicted molar refractivity (Wildman–Crippen MR) is 244 cm³/mol. The Hall–Kier alpha value is -7.01. The Morgan fingerprint density at radius 1 is 0.356 bits per heavy atom. The van der Waals surface area contributed by atoms with Crippen LogP contribution in [0.2, 0.25) is 0 Å². The summed E-state index contributed by atoms with van der Waals surface area (Å²) >= 11 is 1.86. The van der Waals surface area contributed by atoms with Gasteiger partial charge in [-0.1, -0.05) is 178 Å². The van der Waals surface area contributed by atoms with Crippen molar-refractivity contribution in [3.63, 3.8) is 0 Å². The summed E-state index contributed by atoms with van der Waals surface area (Å²) in [6.45, 7) is 4.75. The van der Waals surface area contributed by atoms with E-state index in [1.165, 1.54) is 75.8 Å². The van der Waals surface area contributed by atoms with E-state index in [2.05, 4.69) is 166 Å². The van der Waals surface area contributed by atoms with Gasteiger partial charge in [0.15, 0.2) is 17.5 Å². The summed E-state index contributed by atoms with van der Waals surface area (Å²) in [5, 5.41) is 2.60. The maximum absolute atomic E-state index is 5.31. The van der Waals surface area contributed by atoms with Crippen molar-refractivity contribution in [3.8, 4) is 56.4 Å². The molecular weight excluding hydrogens is 735 g/mol. The van der Waals surface area contributed by atoms with E-state index >= 15 is 0 Å². The molecule has 0 N–H and O–H groups in total. The number of rotatable bonds is 4. The number of aromatic nitrogens is 3. The second-order valence-corrected chi connectivity index (χ2v) is 17.4. The number of hydrogen-bond donors (Lipinski definition) is 0. The molecule has 2 aromatic heterocycles. The van der Waals surface area contributed by atoms with E-state index in [9.17, 15) is 0 Å². The fourth-order valence-electron chi connectivity index (χ4n) is 10.2. The number of thiophene rings is 1. The summed E-state index contributed by atoms with van der Waals surface area (Å²) in [7, 11) is 0. The maximum atomic E-state index is 5.31. The monoisotopic (exact) mass is 771 g/mol. The molecule has 2 aliphatic carbocycles. The van der Waals surface area contributed by atoms with E-state index in [4.69, 9.17) is 15.0 Å². The first-order valence-electron chi connectivity index (χ1n) is 20.3. The quantitative estimate of drug-likeness (QED) is 0.179. The van der Waals surface area contributed by atoms with Gasteiger partial charge in [-0.2, -0.15) is 0 Å². The summed E-state index contributed by atoms with van der Waals surface area (Å²) in [4.78, 5) is 15.7. The van der Waals surface area contributed by atoms with Crippen molar-refractivity contribution in [1.29, 1.82) is 0 Å². The zero-order valence-electron chi connectivity index (χ0n) is 32.6. The van der Waals surface area contributed by atoms with Crippen molar-refractivity contribution in [2.45, 2.75) is 24.7 Å². The third kappa shape index (κ3) is 4.90. The van der Waals surface area contributed by atoms with Crippen molar-refractivity contribution in [1.82, 2.24) is 15.0 Å². The minimum atomic E-state index is -0.563. The Labute approximate surface area is 347 Å². The highest BCUT2D eigenvalue weighted by atomic mass is 32.1. The van der Waals surface area contributed by atoms with E-state index in [0.29, 0.717) is 17.5 Å². The molecule has 0 radical (unpaired) electrons. The molecule has 0 aliphatic heterocycles. The van der Waals surface area contributed by atoms with Gasteiger partial charge in [0.1, 0.15) is 0 Å². The van der Waals surface area contributed by atoms with Crippen molar-refractivity contribution in [2.75, 3.05) is 0 Å². The van der Waals surface area contributed by atoms with Crippen LogP contribution in [0.5, 0.6) is 0 Å². The molecule has 0 fully saturated rings. The molecule has 0 bridgehead atoms. The standard InChI is InChI=1S/C55H37N3S/c1-54(2)43-22-10-12-24-45(43)55(46-25-13-11-23-44(46)54)42-30-28-36(37-29-31-49-40(32-37)38-20-9-14-27-48(38)59-49)33-41(42)50-39(21-15-26-47(50)55)53-57-51(34-16-5-3-6-17-34)56-52(58-53)35-18-7-4-8-19-35/h3-33H,1-2H3. The first kappa shape index (κ1) is 34.1. The largest absolute Gasteiger partial charge is 0.208 e. The minimum Gasteiger partial charge on any atom is -0.208 e. The Morgan fingerprint density at radius 2 is 0.881 bits per heavy atom. The fourth-order valence-corrected chi connectivity index (χ4v) is 11.2. The van der Waals surface area contributed by atoms with Crippen LogP contribution in [0.4, 0.5) is 0 Å². The number of benzene rings is 8. The van der Waals surface area contributed by atoms with Crippen LogP contribution in [0, 0.1) is 0 Å². The average molecular weight is 772 g/mol. The summed E-state index contributed by atoms with van der Waals surface area (Å²) in [5.41, 5.74) is 14.8. The molecule has 0 amide bonds. The minimum absolute atomic E-state index is 0.193. The van der Waals surface area contributed by atoms with Crippen molar-refractivity contribution in [2.24, 2.45) is 0 Å². The molecule has 3 nitrogen and oxygen atoms in total. The summed E-state index contributed by atoms with van der Waals surface area (Å²) in [5.74, 6) is 1.96. The first-order chi connectivity index (χ1) is 29.0. The third-order valence-corrected chi connectivity index (χ3v) is 14.0. The number of fused-ring (bicyclic) bond motifs is 12. The van der Waals surface area contributed by atoms with Gasteiger partial charge in [-0.05, 0) is 79.9 Å². The zero-order valence-corrected chi connectivity index (χ0v) is 33.5. The van der Waals surface area contributed by atoms with E-state index in [1.54, 1.807) is 0 Å². The van der Waals surface area contributed by atoms with E-state index in [1.807, 2.05) is 47.7 Å². The molecule has 10 aromatic rings. The van der Waals surface area contributed by atoms with Crippen LogP contribution >= 0.6 is 11.3 Å². The lowest BCUT2D eigenvalue weighted by molar-refractivity contribution is 0.563. The van der Waals surface area contributed by atoms with Gasteiger partial charge < -0.3 is 0 Å². The van der Waals surface area contributed by atoms with E-state index in [0.717, 1.165) is 16.7 Å². The summed E-state index contributed by atoms with van der Waals surface area (Å²) in [6, 6.07) is 68.4. The molecule has 0 saturated carbocycles. The van der Waals surface area contributed by atoms with Crippen LogP contribution in [-0.2, 0) is 10.8 Å². The topological polar surface area (TPSA) is 38.7 Å². The van der Waals surface area contributed by atoms with Gasteiger partial charge in [0.05, 0.1) is 5.41 Å². The average Bonchev–Trinajstić information content (AvgIpc) is 3.82. The summed E-state index contributed by atoms with van der Waals surface area (Å²) in [6.07, 6.45) is 0. The van der Waals surface area contributed by atoms with E-state index < -0.39 is 5.41 Å².